The third-order valence-electron chi connectivity index (χ3n) is 8.56. The fourth-order valence-electron chi connectivity index (χ4n) is 6.59. The molecule has 0 aromatic heterocycles. The highest BCUT2D eigenvalue weighted by Crippen LogP contribution is 2.36. The lowest BCUT2D eigenvalue weighted by molar-refractivity contribution is 0.101. The number of aliphatic hydroxyl groups excluding tert-OH is 1. The van der Waals surface area contributed by atoms with Gasteiger partial charge in [0.05, 0.1) is 13.2 Å². The molecule has 0 radical (unpaired) electrons. The van der Waals surface area contributed by atoms with Crippen LogP contribution in [-0.4, -0.2) is 74.2 Å². The predicted molar refractivity (Wildman–Crippen MR) is 150 cm³/mol. The molecule has 0 amide bonds. The Labute approximate surface area is 226 Å². The molecule has 3 aliphatic rings. The summed E-state index contributed by atoms with van der Waals surface area (Å²) in [6, 6.07) is 16.9. The Hall–Kier alpha value is -2.80. The molecule has 2 atom stereocenters. The molecule has 0 aliphatic carbocycles. The van der Waals surface area contributed by atoms with Crippen LogP contribution >= 0.6 is 0 Å². The van der Waals surface area contributed by atoms with Crippen molar-refractivity contribution >= 4 is 10.8 Å². The number of benzene rings is 3. The third kappa shape index (κ3) is 5.78. The van der Waals surface area contributed by atoms with Gasteiger partial charge in [0, 0.05) is 39.1 Å². The molecule has 1 N–H and O–H groups in total. The van der Waals surface area contributed by atoms with Crippen molar-refractivity contribution in [1.82, 2.24) is 9.80 Å². The Morgan fingerprint density at radius 1 is 0.947 bits per heavy atom. The summed E-state index contributed by atoms with van der Waals surface area (Å²) in [5, 5.41) is 13.5. The maximum absolute atomic E-state index is 11.1. The lowest BCUT2D eigenvalue weighted by Gasteiger charge is -2.30. The molecule has 3 heterocycles. The zero-order valence-corrected chi connectivity index (χ0v) is 22.5. The Bertz CT molecular complexity index is 1230. The summed E-state index contributed by atoms with van der Waals surface area (Å²) in [5.41, 5.74) is 4.03. The van der Waals surface area contributed by atoms with E-state index in [0.717, 1.165) is 74.7 Å². The molecule has 1 saturated heterocycles. The van der Waals surface area contributed by atoms with Crippen LogP contribution < -0.4 is 14.2 Å². The smallest absolute Gasteiger partial charge is 0.231 e. The van der Waals surface area contributed by atoms with Crippen LogP contribution in [0.25, 0.3) is 10.8 Å². The van der Waals surface area contributed by atoms with Gasteiger partial charge in [-0.15, -0.1) is 0 Å². The molecule has 202 valence electrons. The highest BCUT2D eigenvalue weighted by Gasteiger charge is 2.25. The molecular weight excluding hydrogens is 476 g/mol. The van der Waals surface area contributed by atoms with E-state index < -0.39 is 0 Å². The summed E-state index contributed by atoms with van der Waals surface area (Å²) in [7, 11) is 1.70. The maximum Gasteiger partial charge on any atom is 0.231 e. The zero-order chi connectivity index (χ0) is 25.9. The molecule has 2 unspecified atom stereocenters. The van der Waals surface area contributed by atoms with E-state index in [1.165, 1.54) is 41.3 Å². The molecule has 1 fully saturated rings. The van der Waals surface area contributed by atoms with E-state index in [2.05, 4.69) is 52.3 Å². The summed E-state index contributed by atoms with van der Waals surface area (Å²) in [5.74, 6) is 3.31. The molecule has 6 rings (SSSR count). The van der Waals surface area contributed by atoms with Crippen molar-refractivity contribution < 1.29 is 19.3 Å². The molecule has 6 nitrogen and oxygen atoms in total. The molecule has 38 heavy (non-hydrogen) atoms. The number of methoxy groups -OCH3 is 1. The highest BCUT2D eigenvalue weighted by atomic mass is 16.7. The van der Waals surface area contributed by atoms with Gasteiger partial charge in [0.1, 0.15) is 5.75 Å². The normalized spacial score (nSPS) is 21.1. The second-order valence-electron chi connectivity index (χ2n) is 11.3. The average Bonchev–Trinajstić information content (AvgIpc) is 3.15. The highest BCUT2D eigenvalue weighted by molar-refractivity contribution is 5.87. The Morgan fingerprint density at radius 2 is 1.74 bits per heavy atom. The first-order valence-corrected chi connectivity index (χ1v) is 14.2. The Kier molecular flexibility index (Phi) is 7.72. The summed E-state index contributed by atoms with van der Waals surface area (Å²) >= 11 is 0. The zero-order valence-electron chi connectivity index (χ0n) is 22.5. The second kappa shape index (κ2) is 11.5. The van der Waals surface area contributed by atoms with Crippen molar-refractivity contribution in [2.24, 2.45) is 5.92 Å². The fourth-order valence-corrected chi connectivity index (χ4v) is 6.59. The maximum atomic E-state index is 11.1. The van der Waals surface area contributed by atoms with E-state index in [1.54, 1.807) is 7.11 Å². The first-order valence-electron chi connectivity index (χ1n) is 14.2. The van der Waals surface area contributed by atoms with Crippen LogP contribution in [-0.2, 0) is 19.3 Å². The monoisotopic (exact) mass is 516 g/mol. The van der Waals surface area contributed by atoms with Gasteiger partial charge in [-0.2, -0.15) is 0 Å². The van der Waals surface area contributed by atoms with Gasteiger partial charge < -0.3 is 29.1 Å². The van der Waals surface area contributed by atoms with Crippen molar-refractivity contribution in [1.29, 1.82) is 0 Å². The number of rotatable bonds is 7. The average molecular weight is 517 g/mol. The van der Waals surface area contributed by atoms with Crippen molar-refractivity contribution in [2.75, 3.05) is 53.2 Å². The van der Waals surface area contributed by atoms with Crippen LogP contribution in [0.15, 0.2) is 48.5 Å². The van der Waals surface area contributed by atoms with Gasteiger partial charge in [0.2, 0.25) is 6.79 Å². The van der Waals surface area contributed by atoms with Gasteiger partial charge in [-0.05, 0) is 89.9 Å². The fraction of sp³-hybridized carbons (Fsp3) is 0.500. The van der Waals surface area contributed by atoms with E-state index in [-0.39, 0.29) is 6.10 Å². The van der Waals surface area contributed by atoms with Crippen LogP contribution in [0.5, 0.6) is 17.2 Å². The second-order valence-corrected chi connectivity index (χ2v) is 11.3. The van der Waals surface area contributed by atoms with Crippen molar-refractivity contribution in [3.8, 4) is 17.2 Å². The minimum absolute atomic E-state index is 0.342. The van der Waals surface area contributed by atoms with Crippen LogP contribution in [0.2, 0.25) is 0 Å². The molecular formula is C32H40N2O4. The standard InChI is InChI=1S/C32H40N2O4/c1-36-29-8-9-30-26(6-4-7-27(30)16-29)15-28(35)21-34-12-3-2-5-23(20-34)19-33-13-10-24-17-31-32(38-22-37-31)18-25(24)11-14-33/h4,6-9,16-18,23,28,35H,2-3,5,10-15,19-22H2,1H3. The minimum Gasteiger partial charge on any atom is -0.497 e. The molecule has 0 bridgehead atoms. The quantitative estimate of drug-likeness (QED) is 0.492. The van der Waals surface area contributed by atoms with Crippen LogP contribution in [0, 0.1) is 5.92 Å². The van der Waals surface area contributed by atoms with E-state index in [0.29, 0.717) is 19.1 Å². The summed E-state index contributed by atoms with van der Waals surface area (Å²) in [6.45, 7) is 6.56. The van der Waals surface area contributed by atoms with Crippen LogP contribution in [0.3, 0.4) is 0 Å². The van der Waals surface area contributed by atoms with Gasteiger partial charge in [-0.25, -0.2) is 0 Å². The minimum atomic E-state index is -0.375. The summed E-state index contributed by atoms with van der Waals surface area (Å²) < 4.78 is 16.6. The number of β-amino-alcohol motifs (C(OH)–C–C–N with tert-alkyl or cyclic N) is 1. The van der Waals surface area contributed by atoms with Gasteiger partial charge in [0.15, 0.2) is 11.5 Å². The number of fused-ring (bicyclic) bond motifs is 3. The van der Waals surface area contributed by atoms with Gasteiger partial charge in [-0.3, -0.25) is 0 Å². The SMILES string of the molecule is COc1ccc2c(CC(O)CN3CCCCC(CN4CCc5cc6c(cc5CC4)OCO6)C3)cccc2c1. The van der Waals surface area contributed by atoms with Gasteiger partial charge in [-0.1, -0.05) is 30.7 Å². The topological polar surface area (TPSA) is 54.4 Å². The number of hydrogen-bond acceptors (Lipinski definition) is 6. The van der Waals surface area contributed by atoms with Crippen molar-refractivity contribution in [2.45, 2.75) is 44.6 Å². The Balaban J connectivity index is 1.05. The first kappa shape index (κ1) is 25.5. The van der Waals surface area contributed by atoms with Gasteiger partial charge in [0.25, 0.3) is 0 Å². The molecule has 0 saturated carbocycles. The van der Waals surface area contributed by atoms with E-state index >= 15 is 0 Å². The number of likely N-dealkylation sites (tertiary alicyclic amines) is 1. The first-order chi connectivity index (χ1) is 18.6. The lowest BCUT2D eigenvalue weighted by atomic mass is 9.99. The number of aliphatic hydroxyl groups is 1. The molecule has 3 aromatic rings. The molecule has 3 aliphatic heterocycles. The van der Waals surface area contributed by atoms with E-state index in [9.17, 15) is 5.11 Å². The molecule has 0 spiro atoms. The largest absolute Gasteiger partial charge is 0.497 e. The summed E-state index contributed by atoms with van der Waals surface area (Å²) in [4.78, 5) is 5.17. The summed E-state index contributed by atoms with van der Waals surface area (Å²) in [6.07, 6.45) is 6.20. The molecule has 3 aromatic carbocycles. The predicted octanol–water partition coefficient (Wildman–Crippen LogP) is 4.68. The van der Waals surface area contributed by atoms with E-state index in [1.807, 2.05) is 6.07 Å². The number of hydrogen-bond donors (Lipinski definition) is 1. The van der Waals surface area contributed by atoms with E-state index in [4.69, 9.17) is 14.2 Å². The Morgan fingerprint density at radius 3 is 2.50 bits per heavy atom. The number of nitrogens with zero attached hydrogens (tertiary/aromatic N) is 2. The van der Waals surface area contributed by atoms with Crippen LogP contribution in [0.4, 0.5) is 0 Å². The molecule has 6 heteroatoms. The number of ether oxygens (including phenoxy) is 3. The third-order valence-corrected chi connectivity index (χ3v) is 8.56. The van der Waals surface area contributed by atoms with Crippen LogP contribution in [0.1, 0.15) is 36.0 Å². The lowest BCUT2D eigenvalue weighted by Crippen LogP contribution is -2.40. The van der Waals surface area contributed by atoms with Crippen molar-refractivity contribution in [3.05, 3.63) is 65.2 Å². The van der Waals surface area contributed by atoms with Crippen molar-refractivity contribution in [3.63, 3.8) is 0 Å². The van der Waals surface area contributed by atoms with Gasteiger partial charge >= 0.3 is 0 Å².